The number of nitrogens with two attached hydrogens (primary N) is 1. The summed E-state index contributed by atoms with van der Waals surface area (Å²) < 4.78 is 6.17. The largest absolute Gasteiger partial charge is 0.443 e. The van der Waals surface area contributed by atoms with Crippen molar-refractivity contribution >= 4 is 11.3 Å². The third kappa shape index (κ3) is 4.46. The summed E-state index contributed by atoms with van der Waals surface area (Å²) in [6.07, 6.45) is 0.811. The van der Waals surface area contributed by atoms with Gasteiger partial charge < -0.3 is 10.5 Å². The Labute approximate surface area is 184 Å². The van der Waals surface area contributed by atoms with E-state index in [2.05, 4.69) is 17.1 Å². The number of thiazole rings is 1. The van der Waals surface area contributed by atoms with Gasteiger partial charge in [0.1, 0.15) is 16.8 Å². The van der Waals surface area contributed by atoms with Crippen LogP contribution in [-0.4, -0.2) is 11.5 Å². The third-order valence-corrected chi connectivity index (χ3v) is 5.72. The first-order valence-electron chi connectivity index (χ1n) is 9.69. The summed E-state index contributed by atoms with van der Waals surface area (Å²) in [6, 6.07) is 27.3. The molecule has 0 saturated carbocycles. The minimum absolute atomic E-state index is 0.218. The summed E-state index contributed by atoms with van der Waals surface area (Å²) in [5.74, 6) is 0.505. The number of hydrogen-bond acceptors (Lipinski definition) is 6. The Hall–Kier alpha value is -3.97. The van der Waals surface area contributed by atoms with E-state index in [9.17, 15) is 10.5 Å². The van der Waals surface area contributed by atoms with Crippen LogP contribution in [0.15, 0.2) is 72.8 Å². The van der Waals surface area contributed by atoms with E-state index < -0.39 is 0 Å². The molecule has 5 nitrogen and oxygen atoms in total. The van der Waals surface area contributed by atoms with E-state index in [1.54, 1.807) is 12.1 Å². The molecule has 0 radical (unpaired) electrons. The summed E-state index contributed by atoms with van der Waals surface area (Å²) in [6.45, 7) is 0.594. The molecule has 1 heterocycles. The Morgan fingerprint density at radius 1 is 0.903 bits per heavy atom. The van der Waals surface area contributed by atoms with E-state index in [-0.39, 0.29) is 5.69 Å². The molecule has 0 aliphatic heterocycles. The zero-order chi connectivity index (χ0) is 21.6. The average Bonchev–Trinajstić information content (AvgIpc) is 3.23. The fourth-order valence-corrected chi connectivity index (χ4v) is 4.07. The molecule has 0 atom stereocenters. The maximum atomic E-state index is 9.58. The van der Waals surface area contributed by atoms with Gasteiger partial charge in [0.05, 0.1) is 11.6 Å². The summed E-state index contributed by atoms with van der Waals surface area (Å²) in [7, 11) is 0. The normalized spacial score (nSPS) is 10.3. The molecular formula is C25H18N4OS. The van der Waals surface area contributed by atoms with Crippen LogP contribution in [0.2, 0.25) is 0 Å². The van der Waals surface area contributed by atoms with Crippen LogP contribution < -0.4 is 10.5 Å². The second kappa shape index (κ2) is 9.23. The van der Waals surface area contributed by atoms with Gasteiger partial charge in [0.25, 0.3) is 0 Å². The molecule has 0 aliphatic carbocycles. The molecule has 0 saturated heterocycles. The van der Waals surface area contributed by atoms with Crippen LogP contribution in [0.1, 0.15) is 16.8 Å². The van der Waals surface area contributed by atoms with E-state index in [4.69, 9.17) is 10.5 Å². The van der Waals surface area contributed by atoms with Gasteiger partial charge in [0.2, 0.25) is 5.06 Å². The zero-order valence-electron chi connectivity index (χ0n) is 16.6. The third-order valence-electron chi connectivity index (χ3n) is 4.73. The van der Waals surface area contributed by atoms with Crippen LogP contribution in [0.4, 0.5) is 0 Å². The number of nitriles is 2. The molecule has 0 fully saturated rings. The van der Waals surface area contributed by atoms with E-state index in [0.29, 0.717) is 27.9 Å². The molecular weight excluding hydrogens is 404 g/mol. The predicted molar refractivity (Wildman–Crippen MR) is 122 cm³/mol. The van der Waals surface area contributed by atoms with Gasteiger partial charge in [-0.05, 0) is 42.3 Å². The Morgan fingerprint density at radius 3 is 2.35 bits per heavy atom. The van der Waals surface area contributed by atoms with E-state index in [1.807, 2.05) is 60.7 Å². The second-order valence-corrected chi connectivity index (χ2v) is 7.75. The highest BCUT2D eigenvalue weighted by molar-refractivity contribution is 7.17. The van der Waals surface area contributed by atoms with Crippen molar-refractivity contribution in [3.8, 4) is 44.6 Å². The van der Waals surface area contributed by atoms with Crippen molar-refractivity contribution in [2.24, 2.45) is 5.73 Å². The first-order valence-corrected chi connectivity index (χ1v) is 10.5. The second-order valence-electron chi connectivity index (χ2n) is 6.79. The molecule has 150 valence electrons. The monoisotopic (exact) mass is 422 g/mol. The van der Waals surface area contributed by atoms with Gasteiger partial charge in [-0.25, -0.2) is 4.98 Å². The molecule has 0 amide bonds. The lowest BCUT2D eigenvalue weighted by Gasteiger charge is -2.11. The first kappa shape index (κ1) is 20.3. The average molecular weight is 423 g/mol. The Morgan fingerprint density at radius 2 is 1.68 bits per heavy atom. The number of rotatable bonds is 6. The van der Waals surface area contributed by atoms with Gasteiger partial charge in [0, 0.05) is 11.1 Å². The highest BCUT2D eigenvalue weighted by atomic mass is 32.1. The molecule has 0 unspecified atom stereocenters. The van der Waals surface area contributed by atoms with Gasteiger partial charge in [-0.3, -0.25) is 0 Å². The predicted octanol–water partition coefficient (Wildman–Crippen LogP) is 5.51. The highest BCUT2D eigenvalue weighted by Gasteiger charge is 2.17. The van der Waals surface area contributed by atoms with Crippen LogP contribution in [0.3, 0.4) is 0 Å². The molecule has 4 aromatic rings. The lowest BCUT2D eigenvalue weighted by Crippen LogP contribution is -2.02. The quantitative estimate of drug-likeness (QED) is 0.442. The van der Waals surface area contributed by atoms with Gasteiger partial charge >= 0.3 is 0 Å². The molecule has 0 aliphatic rings. The van der Waals surface area contributed by atoms with Crippen LogP contribution in [-0.2, 0) is 6.42 Å². The van der Waals surface area contributed by atoms with Gasteiger partial charge in [-0.1, -0.05) is 65.9 Å². The van der Waals surface area contributed by atoms with Crippen molar-refractivity contribution in [3.05, 3.63) is 89.6 Å². The lowest BCUT2D eigenvalue weighted by molar-refractivity contribution is 0.495. The van der Waals surface area contributed by atoms with Gasteiger partial charge in [0.15, 0.2) is 5.69 Å². The molecule has 2 N–H and O–H groups in total. The van der Waals surface area contributed by atoms with E-state index >= 15 is 0 Å². The van der Waals surface area contributed by atoms with E-state index in [1.165, 1.54) is 11.3 Å². The van der Waals surface area contributed by atoms with Gasteiger partial charge in [-0.2, -0.15) is 10.5 Å². The molecule has 3 aromatic carbocycles. The Bertz CT molecular complexity index is 1280. The summed E-state index contributed by atoms with van der Waals surface area (Å²) >= 11 is 1.31. The molecule has 4 rings (SSSR count). The van der Waals surface area contributed by atoms with Crippen LogP contribution in [0.5, 0.6) is 10.8 Å². The molecule has 31 heavy (non-hydrogen) atoms. The number of ether oxygens (including phenoxy) is 1. The van der Waals surface area contributed by atoms with Crippen molar-refractivity contribution in [1.29, 1.82) is 10.5 Å². The molecule has 0 spiro atoms. The van der Waals surface area contributed by atoms with Gasteiger partial charge in [-0.15, -0.1) is 0 Å². The lowest BCUT2D eigenvalue weighted by atomic mass is 10.0. The Kier molecular flexibility index (Phi) is 6.05. The zero-order valence-corrected chi connectivity index (χ0v) is 17.4. The van der Waals surface area contributed by atoms with Crippen LogP contribution in [0, 0.1) is 22.7 Å². The molecule has 0 bridgehead atoms. The van der Waals surface area contributed by atoms with Crippen molar-refractivity contribution < 1.29 is 4.74 Å². The summed E-state index contributed by atoms with van der Waals surface area (Å²) in [4.78, 5) is 4.43. The maximum Gasteiger partial charge on any atom is 0.219 e. The first-order chi connectivity index (χ1) is 15.2. The Balaban J connectivity index is 1.74. The fourth-order valence-electron chi connectivity index (χ4n) is 3.18. The van der Waals surface area contributed by atoms with Crippen molar-refractivity contribution in [1.82, 2.24) is 4.98 Å². The van der Waals surface area contributed by atoms with Crippen molar-refractivity contribution in [2.75, 3.05) is 6.54 Å². The number of nitrogens with zero attached hydrogens (tertiary/aromatic N) is 3. The number of hydrogen-bond donors (Lipinski definition) is 1. The summed E-state index contributed by atoms with van der Waals surface area (Å²) in [5, 5.41) is 20.0. The minimum Gasteiger partial charge on any atom is -0.443 e. The standard InChI is InChI=1S/C25H18N4OS/c26-13-12-17-6-9-19(10-7-17)21-11-8-18(15-27)14-23(21)30-25-22(16-28)29-24(31-25)20-4-2-1-3-5-20/h1-11,14H,12-13,26H2. The van der Waals surface area contributed by atoms with Crippen LogP contribution in [0.25, 0.3) is 21.7 Å². The maximum absolute atomic E-state index is 9.58. The topological polar surface area (TPSA) is 95.7 Å². The SMILES string of the molecule is N#Cc1ccc(-c2ccc(CCN)cc2)c(Oc2sc(-c3ccccc3)nc2C#N)c1. The minimum atomic E-state index is 0.218. The van der Waals surface area contributed by atoms with Crippen molar-refractivity contribution in [2.45, 2.75) is 6.42 Å². The highest BCUT2D eigenvalue weighted by Crippen LogP contribution is 2.40. The fraction of sp³-hybridized carbons (Fsp3) is 0.0800. The smallest absolute Gasteiger partial charge is 0.219 e. The number of benzene rings is 3. The van der Waals surface area contributed by atoms with Crippen LogP contribution >= 0.6 is 11.3 Å². The number of aromatic nitrogens is 1. The summed E-state index contributed by atoms with van der Waals surface area (Å²) in [5.41, 5.74) is 10.2. The van der Waals surface area contributed by atoms with E-state index in [0.717, 1.165) is 28.7 Å². The van der Waals surface area contributed by atoms with Crippen molar-refractivity contribution in [3.63, 3.8) is 0 Å². The molecule has 6 heteroatoms. The molecule has 1 aromatic heterocycles.